The van der Waals surface area contributed by atoms with Crippen LogP contribution in [0.4, 0.5) is 0 Å². The maximum Gasteiger partial charge on any atom is 0.319 e. The van der Waals surface area contributed by atoms with Gasteiger partial charge in [0.05, 0.1) is 16.1 Å². The minimum absolute atomic E-state index is 0.0312. The molecule has 0 aliphatic heterocycles. The van der Waals surface area contributed by atoms with E-state index >= 15 is 0 Å². The van der Waals surface area contributed by atoms with E-state index < -0.39 is 10.7 Å². The van der Waals surface area contributed by atoms with Gasteiger partial charge in [0.15, 0.2) is 0 Å². The lowest BCUT2D eigenvalue weighted by Crippen LogP contribution is -2.35. The van der Waals surface area contributed by atoms with Gasteiger partial charge in [-0.15, -0.1) is 23.1 Å². The number of carbonyl (C=O) groups excluding carboxylic acids is 1. The molecule has 0 radical (unpaired) electrons. The van der Waals surface area contributed by atoms with Gasteiger partial charge in [-0.25, -0.2) is 0 Å². The fourth-order valence-electron chi connectivity index (χ4n) is 1.40. The highest BCUT2D eigenvalue weighted by molar-refractivity contribution is 9.11. The Morgan fingerprint density at radius 3 is 2.55 bits per heavy atom. The smallest absolute Gasteiger partial charge is 0.319 e. The number of hydrogen-bond donors (Lipinski definition) is 1. The monoisotopic (exact) mass is 379 g/mol. The number of carbonyl (C=O) groups is 2. The molecule has 0 saturated heterocycles. The Bertz CT molecular complexity index is 488. The lowest BCUT2D eigenvalue weighted by molar-refractivity contribution is -0.138. The number of nitrogens with zero attached hydrogens (tertiary/aromatic N) is 1. The highest BCUT2D eigenvalue weighted by atomic mass is 79.9. The molecular weight excluding hydrogens is 362 g/mol. The van der Waals surface area contributed by atoms with Crippen molar-refractivity contribution in [1.82, 2.24) is 4.90 Å². The summed E-state index contributed by atoms with van der Waals surface area (Å²) in [6.45, 7) is 6.33. The van der Waals surface area contributed by atoms with Gasteiger partial charge in [0.2, 0.25) is 5.91 Å². The van der Waals surface area contributed by atoms with E-state index in [2.05, 4.69) is 15.9 Å². The van der Waals surface area contributed by atoms with Crippen LogP contribution in [0.1, 0.15) is 25.6 Å². The number of hydrogen-bond acceptors (Lipinski definition) is 4. The molecule has 1 rings (SSSR count). The molecule has 0 unspecified atom stereocenters. The van der Waals surface area contributed by atoms with Crippen LogP contribution in [0.2, 0.25) is 0 Å². The number of thiophene rings is 1. The summed E-state index contributed by atoms with van der Waals surface area (Å²) in [5.74, 6) is -0.753. The van der Waals surface area contributed by atoms with E-state index in [0.29, 0.717) is 13.1 Å². The normalized spacial score (nSPS) is 11.4. The summed E-state index contributed by atoms with van der Waals surface area (Å²) in [6.07, 6.45) is 0. The number of amides is 1. The maximum absolute atomic E-state index is 12.2. The summed E-state index contributed by atoms with van der Waals surface area (Å²) in [6, 6.07) is 3.94. The molecule has 1 N–H and O–H groups in total. The molecule has 0 bridgehead atoms. The van der Waals surface area contributed by atoms with Crippen LogP contribution >= 0.6 is 39.0 Å². The molecule has 0 spiro atoms. The number of aliphatic carboxylic acids is 1. The molecule has 0 atom stereocenters. The van der Waals surface area contributed by atoms with Gasteiger partial charge in [0, 0.05) is 11.4 Å². The number of carboxylic acids is 1. The maximum atomic E-state index is 12.2. The van der Waals surface area contributed by atoms with Crippen LogP contribution in [-0.4, -0.2) is 38.9 Å². The van der Waals surface area contributed by atoms with Crippen molar-refractivity contribution in [2.75, 3.05) is 12.3 Å². The SMILES string of the molecule is CCN(Cc1ccc(Br)s1)C(=O)CSC(C)(C)C(=O)O. The van der Waals surface area contributed by atoms with Gasteiger partial charge in [-0.1, -0.05) is 0 Å². The molecule has 0 aliphatic rings. The van der Waals surface area contributed by atoms with E-state index in [1.807, 2.05) is 19.1 Å². The predicted octanol–water partition coefficient (Wildman–Crippen LogP) is 3.46. The number of thioether (sulfide) groups is 1. The van der Waals surface area contributed by atoms with Gasteiger partial charge in [-0.05, 0) is 48.8 Å². The Morgan fingerprint density at radius 1 is 1.45 bits per heavy atom. The first-order valence-electron chi connectivity index (χ1n) is 6.15. The fourth-order valence-corrected chi connectivity index (χ4v) is 3.69. The quantitative estimate of drug-likeness (QED) is 0.787. The first-order chi connectivity index (χ1) is 9.26. The molecule has 0 saturated carbocycles. The minimum atomic E-state index is -0.943. The van der Waals surface area contributed by atoms with Crippen molar-refractivity contribution in [2.45, 2.75) is 32.1 Å². The third-order valence-electron chi connectivity index (χ3n) is 2.78. The molecule has 0 aliphatic carbocycles. The third kappa shape index (κ3) is 5.10. The molecule has 0 fully saturated rings. The first kappa shape index (κ1) is 17.5. The van der Waals surface area contributed by atoms with Crippen LogP contribution in [0.15, 0.2) is 15.9 Å². The molecule has 1 amide bonds. The average molecular weight is 380 g/mol. The third-order valence-corrected chi connectivity index (χ3v) is 5.68. The second-order valence-electron chi connectivity index (χ2n) is 4.72. The van der Waals surface area contributed by atoms with E-state index in [0.717, 1.165) is 20.4 Å². The molecule has 20 heavy (non-hydrogen) atoms. The summed E-state index contributed by atoms with van der Waals surface area (Å²) in [5.41, 5.74) is 0. The Balaban J connectivity index is 2.57. The van der Waals surface area contributed by atoms with Crippen molar-refractivity contribution in [3.8, 4) is 0 Å². The van der Waals surface area contributed by atoms with Crippen LogP contribution in [0.5, 0.6) is 0 Å². The zero-order valence-corrected chi connectivity index (χ0v) is 14.9. The van der Waals surface area contributed by atoms with Crippen molar-refractivity contribution in [2.24, 2.45) is 0 Å². The first-order valence-corrected chi connectivity index (χ1v) is 8.75. The van der Waals surface area contributed by atoms with Gasteiger partial charge in [0.1, 0.15) is 4.75 Å². The Labute approximate surface area is 135 Å². The molecule has 7 heteroatoms. The van der Waals surface area contributed by atoms with Gasteiger partial charge in [-0.3, -0.25) is 9.59 Å². The molecule has 4 nitrogen and oxygen atoms in total. The summed E-state index contributed by atoms with van der Waals surface area (Å²) < 4.78 is 0.0958. The van der Waals surface area contributed by atoms with E-state index in [1.165, 1.54) is 0 Å². The fraction of sp³-hybridized carbons (Fsp3) is 0.538. The highest BCUT2D eigenvalue weighted by Crippen LogP contribution is 2.26. The Kier molecular flexibility index (Phi) is 6.54. The lowest BCUT2D eigenvalue weighted by atomic mass is 10.2. The van der Waals surface area contributed by atoms with Crippen molar-refractivity contribution < 1.29 is 14.7 Å². The highest BCUT2D eigenvalue weighted by Gasteiger charge is 2.29. The van der Waals surface area contributed by atoms with Crippen LogP contribution in [0.25, 0.3) is 0 Å². The van der Waals surface area contributed by atoms with Crippen LogP contribution < -0.4 is 0 Å². The lowest BCUT2D eigenvalue weighted by Gasteiger charge is -2.23. The van der Waals surface area contributed by atoms with Gasteiger partial charge in [0.25, 0.3) is 0 Å². The summed E-state index contributed by atoms with van der Waals surface area (Å²) in [4.78, 5) is 26.0. The number of rotatable bonds is 7. The minimum Gasteiger partial charge on any atom is -0.480 e. The van der Waals surface area contributed by atoms with E-state index in [4.69, 9.17) is 5.11 Å². The van der Waals surface area contributed by atoms with Crippen molar-refractivity contribution in [1.29, 1.82) is 0 Å². The average Bonchev–Trinajstić information content (AvgIpc) is 2.78. The second-order valence-corrected chi connectivity index (χ2v) is 8.86. The zero-order valence-electron chi connectivity index (χ0n) is 11.7. The largest absolute Gasteiger partial charge is 0.480 e. The van der Waals surface area contributed by atoms with Crippen molar-refractivity contribution in [3.05, 3.63) is 20.8 Å². The van der Waals surface area contributed by atoms with Gasteiger partial charge < -0.3 is 10.0 Å². The van der Waals surface area contributed by atoms with Crippen LogP contribution in [0, 0.1) is 0 Å². The number of carboxylic acid groups (broad SMARTS) is 1. The Hall–Kier alpha value is -0.530. The van der Waals surface area contributed by atoms with Gasteiger partial charge in [-0.2, -0.15) is 0 Å². The molecular formula is C13H18BrNO3S2. The van der Waals surface area contributed by atoms with Gasteiger partial charge >= 0.3 is 5.97 Å². The summed E-state index contributed by atoms with van der Waals surface area (Å²) in [5, 5.41) is 9.04. The van der Waals surface area contributed by atoms with E-state index in [9.17, 15) is 9.59 Å². The second kappa shape index (κ2) is 7.47. The topological polar surface area (TPSA) is 57.6 Å². The molecule has 1 heterocycles. The van der Waals surface area contributed by atoms with Crippen molar-refractivity contribution in [3.63, 3.8) is 0 Å². The zero-order chi connectivity index (χ0) is 15.3. The molecule has 0 aromatic carbocycles. The summed E-state index contributed by atoms with van der Waals surface area (Å²) >= 11 is 6.16. The van der Waals surface area contributed by atoms with Crippen molar-refractivity contribution >= 4 is 50.9 Å². The Morgan fingerprint density at radius 2 is 2.10 bits per heavy atom. The number of halogens is 1. The molecule has 112 valence electrons. The standard InChI is InChI=1S/C13H18BrNO3S2/c1-4-15(7-9-5-6-10(14)20-9)11(16)8-19-13(2,3)12(17)18/h5-6H,4,7-8H2,1-3H3,(H,17,18). The summed E-state index contributed by atoms with van der Waals surface area (Å²) in [7, 11) is 0. The predicted molar refractivity (Wildman–Crippen MR) is 87.3 cm³/mol. The van der Waals surface area contributed by atoms with Crippen LogP contribution in [0.3, 0.4) is 0 Å². The van der Waals surface area contributed by atoms with Crippen LogP contribution in [-0.2, 0) is 16.1 Å². The molecule has 1 aromatic heterocycles. The van der Waals surface area contributed by atoms with E-state index in [1.54, 1.807) is 30.1 Å². The van der Waals surface area contributed by atoms with E-state index in [-0.39, 0.29) is 11.7 Å². The molecule has 1 aromatic rings.